The van der Waals surface area contributed by atoms with Crippen LogP contribution in [0.1, 0.15) is 27.7 Å². The molecule has 6 heteroatoms. The maximum Gasteiger partial charge on any atom is 0.408 e. The second-order valence-corrected chi connectivity index (χ2v) is 4.78. The third-order valence-electron chi connectivity index (χ3n) is 1.01. The van der Waals surface area contributed by atoms with Crippen LogP contribution in [-0.4, -0.2) is 25.8 Å². The average molecular weight is 208 g/mol. The van der Waals surface area contributed by atoms with E-state index in [9.17, 15) is 13.6 Å². The largest absolute Gasteiger partial charge is 0.771 e. The van der Waals surface area contributed by atoms with Gasteiger partial charge in [-0.1, -0.05) is 0 Å². The molecule has 0 aliphatic heterocycles. The summed E-state index contributed by atoms with van der Waals surface area (Å²) in [5.74, 6) is 0. The Kier molecular flexibility index (Phi) is 4.35. The van der Waals surface area contributed by atoms with Crippen molar-refractivity contribution in [3.8, 4) is 0 Å². The van der Waals surface area contributed by atoms with E-state index < -0.39 is 28.1 Å². The minimum atomic E-state index is -2.32. The summed E-state index contributed by atoms with van der Waals surface area (Å²) < 4.78 is 25.5. The summed E-state index contributed by atoms with van der Waals surface area (Å²) in [5, 5.41) is 1.23. The number of rotatable bonds is 2. The molecule has 5 nitrogen and oxygen atoms in total. The monoisotopic (exact) mass is 208 g/mol. The lowest BCUT2D eigenvalue weighted by atomic mass is 10.2. The number of ether oxygens (including phenoxy) is 1. The minimum absolute atomic E-state index is 0.617. The van der Waals surface area contributed by atoms with Crippen LogP contribution in [0.5, 0.6) is 0 Å². The Balaban J connectivity index is 3.96. The van der Waals surface area contributed by atoms with E-state index in [-0.39, 0.29) is 0 Å². The van der Waals surface area contributed by atoms with E-state index in [1.54, 1.807) is 20.8 Å². The molecule has 2 atom stereocenters. The van der Waals surface area contributed by atoms with Gasteiger partial charge in [-0.25, -0.2) is 4.79 Å². The zero-order valence-corrected chi connectivity index (χ0v) is 8.94. The van der Waals surface area contributed by atoms with E-state index in [2.05, 4.69) is 5.32 Å². The van der Waals surface area contributed by atoms with Crippen LogP contribution in [0.15, 0.2) is 0 Å². The topological polar surface area (TPSA) is 78.5 Å². The molecule has 0 radical (unpaired) electrons. The van der Waals surface area contributed by atoms with Crippen LogP contribution in [-0.2, 0) is 15.8 Å². The molecule has 0 aromatic carbocycles. The molecule has 0 spiro atoms. The quantitative estimate of drug-likeness (QED) is 0.679. The molecule has 13 heavy (non-hydrogen) atoms. The summed E-state index contributed by atoms with van der Waals surface area (Å²) in [4.78, 5) is 11.0. The van der Waals surface area contributed by atoms with E-state index in [0.29, 0.717) is 0 Å². The van der Waals surface area contributed by atoms with Crippen LogP contribution >= 0.6 is 0 Å². The first-order valence-corrected chi connectivity index (χ1v) is 4.94. The highest BCUT2D eigenvalue weighted by atomic mass is 32.2. The summed E-state index contributed by atoms with van der Waals surface area (Å²) in [5.41, 5.74) is -0.617. The molecule has 0 aromatic rings. The highest BCUT2D eigenvalue weighted by Gasteiger charge is 2.17. The molecule has 0 saturated carbocycles. The van der Waals surface area contributed by atoms with Crippen molar-refractivity contribution in [3.05, 3.63) is 0 Å². The van der Waals surface area contributed by atoms with Gasteiger partial charge in [0.15, 0.2) is 0 Å². The Morgan fingerprint density at radius 1 is 1.54 bits per heavy atom. The van der Waals surface area contributed by atoms with Gasteiger partial charge in [0.05, 0.1) is 5.37 Å². The number of nitrogens with one attached hydrogen (secondary N) is 1. The van der Waals surface area contributed by atoms with Crippen LogP contribution in [0.3, 0.4) is 0 Å². The van der Waals surface area contributed by atoms with Crippen LogP contribution < -0.4 is 5.32 Å². The van der Waals surface area contributed by atoms with Crippen LogP contribution in [0.4, 0.5) is 4.79 Å². The summed E-state index contributed by atoms with van der Waals surface area (Å²) in [6, 6.07) is 0. The van der Waals surface area contributed by atoms with Crippen molar-refractivity contribution in [3.63, 3.8) is 0 Å². The lowest BCUT2D eigenvalue weighted by Crippen LogP contribution is -2.39. The number of carbonyl (C=O) groups is 1. The third-order valence-corrected chi connectivity index (χ3v) is 1.70. The summed E-state index contributed by atoms with van der Waals surface area (Å²) in [6.45, 7) is 6.45. The smallest absolute Gasteiger partial charge is 0.408 e. The molecule has 0 aromatic heterocycles. The third kappa shape index (κ3) is 6.53. The van der Waals surface area contributed by atoms with Crippen molar-refractivity contribution in [1.82, 2.24) is 5.32 Å². The molecule has 78 valence electrons. The molecule has 0 saturated heterocycles. The fraction of sp³-hybridized carbons (Fsp3) is 0.857. The average Bonchev–Trinajstić information content (AvgIpc) is 1.81. The predicted octanol–water partition coefficient (Wildman–Crippen LogP) is 0.736. The van der Waals surface area contributed by atoms with Crippen molar-refractivity contribution in [1.29, 1.82) is 0 Å². The first-order chi connectivity index (χ1) is 5.72. The second-order valence-electron chi connectivity index (χ2n) is 3.55. The fourth-order valence-corrected chi connectivity index (χ4v) is 0.714. The normalized spacial score (nSPS) is 16.1. The zero-order valence-electron chi connectivity index (χ0n) is 8.12. The van der Waals surface area contributed by atoms with Gasteiger partial charge in [0.25, 0.3) is 0 Å². The van der Waals surface area contributed by atoms with E-state index in [4.69, 9.17) is 4.74 Å². The zero-order chi connectivity index (χ0) is 10.6. The highest BCUT2D eigenvalue weighted by Crippen LogP contribution is 2.06. The van der Waals surface area contributed by atoms with Gasteiger partial charge in [-0.15, -0.1) is 0 Å². The SMILES string of the molecule is CC(NC(=O)OC(C)(C)C)S(=O)[O-]. The summed E-state index contributed by atoms with van der Waals surface area (Å²) in [6.07, 6.45) is -0.732. The molecular weight excluding hydrogens is 194 g/mol. The van der Waals surface area contributed by atoms with E-state index in [1.165, 1.54) is 6.92 Å². The van der Waals surface area contributed by atoms with Crippen molar-refractivity contribution in [2.75, 3.05) is 0 Å². The van der Waals surface area contributed by atoms with Crippen molar-refractivity contribution >= 4 is 17.2 Å². The standard InChI is InChI=1S/C7H15NO4S/c1-5(13(10)11)8-6(9)12-7(2,3)4/h5H,1-4H3,(H,8,9)(H,10,11)/p-1. The molecule has 0 aliphatic rings. The molecule has 1 amide bonds. The number of carbonyl (C=O) groups excluding carboxylic acids is 1. The summed E-state index contributed by atoms with van der Waals surface area (Å²) >= 11 is -2.32. The van der Waals surface area contributed by atoms with Gasteiger partial charge in [-0.2, -0.15) is 0 Å². The molecule has 0 bridgehead atoms. The summed E-state index contributed by atoms with van der Waals surface area (Å²) in [7, 11) is 0. The van der Waals surface area contributed by atoms with Gasteiger partial charge in [-0.3, -0.25) is 4.21 Å². The lowest BCUT2D eigenvalue weighted by molar-refractivity contribution is 0.0522. The molecule has 0 heterocycles. The number of hydrogen-bond donors (Lipinski definition) is 1. The van der Waals surface area contributed by atoms with E-state index in [1.807, 2.05) is 0 Å². The van der Waals surface area contributed by atoms with E-state index >= 15 is 0 Å². The van der Waals surface area contributed by atoms with Crippen molar-refractivity contribution in [2.45, 2.75) is 38.7 Å². The number of alkyl carbamates (subject to hydrolysis) is 1. The van der Waals surface area contributed by atoms with Gasteiger partial charge in [0.1, 0.15) is 5.60 Å². The predicted molar refractivity (Wildman–Crippen MR) is 47.8 cm³/mol. The lowest BCUT2D eigenvalue weighted by Gasteiger charge is -2.22. The Bertz CT molecular complexity index is 211. The Labute approximate surface area is 80.1 Å². The van der Waals surface area contributed by atoms with Gasteiger partial charge < -0.3 is 14.6 Å². The van der Waals surface area contributed by atoms with Gasteiger partial charge in [-0.05, 0) is 38.8 Å². The molecule has 1 N–H and O–H groups in total. The fourth-order valence-electron chi connectivity index (χ4n) is 0.522. The minimum Gasteiger partial charge on any atom is -0.771 e. The molecule has 2 unspecified atom stereocenters. The molecule has 0 aliphatic carbocycles. The van der Waals surface area contributed by atoms with Crippen LogP contribution in [0.2, 0.25) is 0 Å². The Morgan fingerprint density at radius 2 is 2.00 bits per heavy atom. The molecule has 0 rings (SSSR count). The molecule has 0 fully saturated rings. The van der Waals surface area contributed by atoms with Crippen LogP contribution in [0.25, 0.3) is 0 Å². The number of hydrogen-bond acceptors (Lipinski definition) is 4. The van der Waals surface area contributed by atoms with Crippen molar-refractivity contribution in [2.24, 2.45) is 0 Å². The highest BCUT2D eigenvalue weighted by molar-refractivity contribution is 7.79. The second kappa shape index (κ2) is 4.57. The van der Waals surface area contributed by atoms with Gasteiger partial charge in [0, 0.05) is 0 Å². The Morgan fingerprint density at radius 3 is 2.31 bits per heavy atom. The van der Waals surface area contributed by atoms with Gasteiger partial charge >= 0.3 is 6.09 Å². The first-order valence-electron chi connectivity index (χ1n) is 3.80. The van der Waals surface area contributed by atoms with Crippen molar-refractivity contribution < 1.29 is 18.3 Å². The first kappa shape index (κ1) is 12.4. The maximum absolute atomic E-state index is 11.0. The number of amides is 1. The Hall–Kier alpha value is -0.620. The molecular formula is C7H14NO4S-. The maximum atomic E-state index is 11.0. The van der Waals surface area contributed by atoms with Crippen LogP contribution in [0, 0.1) is 0 Å². The van der Waals surface area contributed by atoms with E-state index in [0.717, 1.165) is 0 Å². The van der Waals surface area contributed by atoms with Gasteiger partial charge in [0.2, 0.25) is 0 Å².